The molecule has 1 aliphatic heterocycles. The Labute approximate surface area is 185 Å². The highest BCUT2D eigenvalue weighted by Gasteiger charge is 2.10. The van der Waals surface area contributed by atoms with E-state index in [1.54, 1.807) is 6.21 Å². The van der Waals surface area contributed by atoms with Crippen molar-refractivity contribution in [3.63, 3.8) is 0 Å². The van der Waals surface area contributed by atoms with Crippen molar-refractivity contribution in [2.75, 3.05) is 38.3 Å². The fraction of sp³-hybridized carbons (Fsp3) is 0.333. The Hall–Kier alpha value is -3.48. The lowest BCUT2D eigenvalue weighted by Crippen LogP contribution is -2.33. The maximum absolute atomic E-state index is 4.36. The first-order valence-corrected chi connectivity index (χ1v) is 10.6. The molecule has 3 rings (SSSR count). The van der Waals surface area contributed by atoms with Gasteiger partial charge in [-0.25, -0.2) is 0 Å². The zero-order valence-electron chi connectivity index (χ0n) is 18.8. The highest BCUT2D eigenvalue weighted by Crippen LogP contribution is 2.22. The SMILES string of the molecule is CCN(CCN1C=CN(C)C1)c1ccc(/N=N/c2ccc(/C=N/N=C(C)C)cc2)cc1. The van der Waals surface area contributed by atoms with E-state index >= 15 is 0 Å². The lowest BCUT2D eigenvalue weighted by Gasteiger charge is -2.26. The molecule has 0 fully saturated rings. The summed E-state index contributed by atoms with van der Waals surface area (Å²) in [6.07, 6.45) is 5.99. The maximum Gasteiger partial charge on any atom is 0.0891 e. The minimum atomic E-state index is 0.801. The molecule has 0 spiro atoms. The lowest BCUT2D eigenvalue weighted by molar-refractivity contribution is 0.301. The number of nitrogens with zero attached hydrogens (tertiary/aromatic N) is 7. The van der Waals surface area contributed by atoms with Crippen molar-refractivity contribution in [3.05, 3.63) is 66.5 Å². The number of azo groups is 1. The summed E-state index contributed by atoms with van der Waals surface area (Å²) in [6.45, 7) is 9.92. The summed E-state index contributed by atoms with van der Waals surface area (Å²) in [5, 5.41) is 16.7. The van der Waals surface area contributed by atoms with Crippen molar-refractivity contribution in [1.82, 2.24) is 9.80 Å². The van der Waals surface area contributed by atoms with Gasteiger partial charge in [0.15, 0.2) is 0 Å². The van der Waals surface area contributed by atoms with Crippen molar-refractivity contribution >= 4 is 29.0 Å². The molecule has 162 valence electrons. The Morgan fingerprint density at radius 3 is 2.16 bits per heavy atom. The Morgan fingerprint density at radius 2 is 1.61 bits per heavy atom. The van der Waals surface area contributed by atoms with Crippen molar-refractivity contribution in [3.8, 4) is 0 Å². The lowest BCUT2D eigenvalue weighted by atomic mass is 10.2. The van der Waals surface area contributed by atoms with Gasteiger partial charge >= 0.3 is 0 Å². The van der Waals surface area contributed by atoms with Crippen LogP contribution in [0, 0.1) is 0 Å². The molecule has 0 aromatic heterocycles. The predicted octanol–water partition coefficient (Wildman–Crippen LogP) is 5.42. The molecule has 0 amide bonds. The largest absolute Gasteiger partial charge is 0.370 e. The van der Waals surface area contributed by atoms with Crippen LogP contribution in [0.25, 0.3) is 0 Å². The minimum absolute atomic E-state index is 0.801. The second kappa shape index (κ2) is 11.1. The van der Waals surface area contributed by atoms with E-state index in [2.05, 4.69) is 73.6 Å². The van der Waals surface area contributed by atoms with E-state index in [-0.39, 0.29) is 0 Å². The fourth-order valence-electron chi connectivity index (χ4n) is 3.14. The van der Waals surface area contributed by atoms with Crippen LogP contribution in [-0.2, 0) is 0 Å². The first-order valence-electron chi connectivity index (χ1n) is 10.6. The van der Waals surface area contributed by atoms with E-state index in [4.69, 9.17) is 0 Å². The van der Waals surface area contributed by atoms with Crippen LogP contribution in [0.4, 0.5) is 17.1 Å². The fourth-order valence-corrected chi connectivity index (χ4v) is 3.14. The molecule has 0 radical (unpaired) electrons. The standard InChI is InChI=1S/C24H31N7/c1-5-31(17-16-30-15-14-29(4)19-30)24-12-10-23(11-13-24)28-27-22-8-6-21(7-9-22)18-25-26-20(2)3/h6-15,18H,5,16-17,19H2,1-4H3/b25-18+,28-27+. The smallest absolute Gasteiger partial charge is 0.0891 e. The summed E-state index contributed by atoms with van der Waals surface area (Å²) in [5.41, 5.74) is 4.74. The van der Waals surface area contributed by atoms with E-state index in [1.807, 2.05) is 50.2 Å². The van der Waals surface area contributed by atoms with Crippen LogP contribution < -0.4 is 4.90 Å². The summed E-state index contributed by atoms with van der Waals surface area (Å²) < 4.78 is 0. The minimum Gasteiger partial charge on any atom is -0.370 e. The monoisotopic (exact) mass is 417 g/mol. The van der Waals surface area contributed by atoms with Crippen molar-refractivity contribution in [1.29, 1.82) is 0 Å². The Morgan fingerprint density at radius 1 is 0.968 bits per heavy atom. The van der Waals surface area contributed by atoms with Crippen LogP contribution in [0.15, 0.2) is 81.4 Å². The molecule has 0 unspecified atom stereocenters. The molecule has 0 saturated heterocycles. The molecule has 1 aliphatic rings. The first kappa shape index (κ1) is 22.2. The highest BCUT2D eigenvalue weighted by molar-refractivity contribution is 5.83. The van der Waals surface area contributed by atoms with Gasteiger partial charge in [-0.05, 0) is 62.7 Å². The molecule has 7 nitrogen and oxygen atoms in total. The van der Waals surface area contributed by atoms with Crippen molar-refractivity contribution in [2.24, 2.45) is 20.4 Å². The van der Waals surface area contributed by atoms with E-state index in [1.165, 1.54) is 5.69 Å². The van der Waals surface area contributed by atoms with Crippen LogP contribution in [-0.4, -0.2) is 55.1 Å². The van der Waals surface area contributed by atoms with Crippen molar-refractivity contribution < 1.29 is 0 Å². The summed E-state index contributed by atoms with van der Waals surface area (Å²) in [6, 6.07) is 16.0. The van der Waals surface area contributed by atoms with E-state index < -0.39 is 0 Å². The molecule has 0 aliphatic carbocycles. The zero-order chi connectivity index (χ0) is 22.1. The molecule has 0 atom stereocenters. The molecular weight excluding hydrogens is 386 g/mol. The van der Waals surface area contributed by atoms with E-state index in [9.17, 15) is 0 Å². The molecule has 7 heteroatoms. The first-order chi connectivity index (χ1) is 15.0. The predicted molar refractivity (Wildman–Crippen MR) is 130 cm³/mol. The summed E-state index contributed by atoms with van der Waals surface area (Å²) in [7, 11) is 2.09. The number of rotatable bonds is 9. The van der Waals surface area contributed by atoms with Crippen LogP contribution in [0.2, 0.25) is 0 Å². The molecule has 2 aromatic carbocycles. The maximum atomic E-state index is 4.36. The van der Waals surface area contributed by atoms with Crippen LogP contribution >= 0.6 is 0 Å². The molecule has 31 heavy (non-hydrogen) atoms. The summed E-state index contributed by atoms with van der Waals surface area (Å²) in [4.78, 5) is 6.87. The highest BCUT2D eigenvalue weighted by atomic mass is 15.3. The van der Waals surface area contributed by atoms with Gasteiger partial charge in [-0.1, -0.05) is 12.1 Å². The third-order valence-corrected chi connectivity index (χ3v) is 4.83. The third-order valence-electron chi connectivity index (χ3n) is 4.83. The van der Waals surface area contributed by atoms with Crippen LogP contribution in [0.3, 0.4) is 0 Å². The molecule has 0 saturated carbocycles. The topological polar surface area (TPSA) is 59.2 Å². The Balaban J connectivity index is 1.55. The second-order valence-electron chi connectivity index (χ2n) is 7.69. The number of benzene rings is 2. The second-order valence-corrected chi connectivity index (χ2v) is 7.69. The van der Waals surface area contributed by atoms with E-state index in [0.717, 1.165) is 49.0 Å². The quantitative estimate of drug-likeness (QED) is 0.311. The van der Waals surface area contributed by atoms with Gasteiger partial charge in [0.2, 0.25) is 0 Å². The van der Waals surface area contributed by atoms with Gasteiger partial charge in [0, 0.05) is 50.5 Å². The van der Waals surface area contributed by atoms with Crippen molar-refractivity contribution in [2.45, 2.75) is 20.8 Å². The summed E-state index contributed by atoms with van der Waals surface area (Å²) >= 11 is 0. The number of likely N-dealkylation sites (N-methyl/N-ethyl adjacent to an activating group) is 1. The van der Waals surface area contributed by atoms with Crippen LogP contribution in [0.1, 0.15) is 26.3 Å². The van der Waals surface area contributed by atoms with Gasteiger partial charge < -0.3 is 14.7 Å². The zero-order valence-corrected chi connectivity index (χ0v) is 18.8. The normalized spacial score (nSPS) is 13.5. The summed E-state index contributed by atoms with van der Waals surface area (Å²) in [5.74, 6) is 0. The van der Waals surface area contributed by atoms with E-state index in [0.29, 0.717) is 0 Å². The molecule has 1 heterocycles. The molecule has 0 N–H and O–H groups in total. The molecule has 2 aromatic rings. The Kier molecular flexibility index (Phi) is 7.92. The molecule has 0 bridgehead atoms. The van der Waals surface area contributed by atoms with Gasteiger partial charge in [-0.2, -0.15) is 20.4 Å². The van der Waals surface area contributed by atoms with Gasteiger partial charge in [0.05, 0.1) is 24.3 Å². The molecular formula is C24H31N7. The van der Waals surface area contributed by atoms with Gasteiger partial charge in [-0.15, -0.1) is 0 Å². The number of hydrogen-bond acceptors (Lipinski definition) is 7. The van der Waals surface area contributed by atoms with Crippen LogP contribution in [0.5, 0.6) is 0 Å². The third kappa shape index (κ3) is 7.06. The number of hydrogen-bond donors (Lipinski definition) is 0. The average Bonchev–Trinajstić information content (AvgIpc) is 3.19. The Bertz CT molecular complexity index is 939. The van der Waals surface area contributed by atoms with Gasteiger partial charge in [0.25, 0.3) is 0 Å². The van der Waals surface area contributed by atoms with Gasteiger partial charge in [0.1, 0.15) is 0 Å². The number of anilines is 1. The average molecular weight is 418 g/mol. The van der Waals surface area contributed by atoms with Gasteiger partial charge in [-0.3, -0.25) is 0 Å².